The van der Waals surface area contributed by atoms with E-state index in [4.69, 9.17) is 0 Å². The quantitative estimate of drug-likeness (QED) is 0.429. The predicted molar refractivity (Wildman–Crippen MR) is 49.6 cm³/mol. The van der Waals surface area contributed by atoms with E-state index in [1.165, 1.54) is 26.9 Å². The van der Waals surface area contributed by atoms with Gasteiger partial charge < -0.3 is 13.8 Å². The van der Waals surface area contributed by atoms with Gasteiger partial charge in [0.25, 0.3) is 11.9 Å². The fourth-order valence-electron chi connectivity index (χ4n) is 0.295. The fourth-order valence-corrected chi connectivity index (χ4v) is 0.686. The second-order valence-corrected chi connectivity index (χ2v) is 3.51. The maximum atomic E-state index is 10.0. The minimum atomic E-state index is -1.38. The maximum absolute atomic E-state index is 10.0. The van der Waals surface area contributed by atoms with E-state index >= 15 is 0 Å². The lowest BCUT2D eigenvalue weighted by atomic mass is 10.9. The summed E-state index contributed by atoms with van der Waals surface area (Å²) in [5.74, 6) is -0.800. The van der Waals surface area contributed by atoms with Gasteiger partial charge in [-0.15, -0.1) is 0 Å². The standard InChI is InChI=1S/C4H8O4Si.C3H7N/c1-3(5)7-9-8-4(2)6;1-4-2-3-4/h9H2,1-2H3;2-3H2,1H3. The molecule has 1 aliphatic rings. The SMILES string of the molecule is CC(=O)O[SiH2]OC(C)=O.CN1CC1. The monoisotopic (exact) mass is 205 g/mol. The minimum Gasteiger partial charge on any atom is -0.490 e. The molecule has 0 spiro atoms. The maximum Gasteiger partial charge on any atom is 0.431 e. The first kappa shape index (κ1) is 12.1. The van der Waals surface area contributed by atoms with Crippen molar-refractivity contribution in [2.24, 2.45) is 0 Å². The lowest BCUT2D eigenvalue weighted by molar-refractivity contribution is -0.136. The zero-order valence-electron chi connectivity index (χ0n) is 8.20. The molecule has 13 heavy (non-hydrogen) atoms. The Kier molecular flexibility index (Phi) is 6.16. The van der Waals surface area contributed by atoms with E-state index in [1.807, 2.05) is 0 Å². The molecule has 0 aromatic rings. The highest BCUT2D eigenvalue weighted by Gasteiger charge is 2.07. The molecule has 1 heterocycles. The summed E-state index contributed by atoms with van der Waals surface area (Å²) in [6, 6.07) is 0. The number of hydrogen-bond donors (Lipinski definition) is 0. The largest absolute Gasteiger partial charge is 0.490 e. The van der Waals surface area contributed by atoms with E-state index in [1.54, 1.807) is 0 Å². The van der Waals surface area contributed by atoms with Crippen molar-refractivity contribution in [1.29, 1.82) is 0 Å². The molecule has 0 bridgehead atoms. The van der Waals surface area contributed by atoms with Gasteiger partial charge in [-0.3, -0.25) is 9.59 Å². The molecule has 0 aromatic heterocycles. The summed E-state index contributed by atoms with van der Waals surface area (Å²) in [5, 5.41) is 0. The summed E-state index contributed by atoms with van der Waals surface area (Å²) in [4.78, 5) is 22.3. The van der Waals surface area contributed by atoms with Crippen molar-refractivity contribution in [1.82, 2.24) is 4.90 Å². The molecule has 0 N–H and O–H groups in total. The molecule has 1 fully saturated rings. The second-order valence-electron chi connectivity index (χ2n) is 2.69. The first-order valence-corrected chi connectivity index (χ1v) is 5.13. The van der Waals surface area contributed by atoms with Crippen molar-refractivity contribution < 1.29 is 18.4 Å². The topological polar surface area (TPSA) is 55.6 Å². The van der Waals surface area contributed by atoms with Crippen molar-refractivity contribution in [3.8, 4) is 0 Å². The van der Waals surface area contributed by atoms with Crippen molar-refractivity contribution in [2.75, 3.05) is 20.1 Å². The third-order valence-corrected chi connectivity index (χ3v) is 2.24. The number of nitrogens with zero attached hydrogens (tertiary/aromatic N) is 1. The Labute approximate surface area is 80.1 Å². The molecule has 5 nitrogen and oxygen atoms in total. The molecule has 1 saturated heterocycles. The van der Waals surface area contributed by atoms with Gasteiger partial charge in [-0.05, 0) is 7.05 Å². The summed E-state index contributed by atoms with van der Waals surface area (Å²) in [7, 11) is 0.728. The van der Waals surface area contributed by atoms with E-state index in [0.29, 0.717) is 0 Å². The van der Waals surface area contributed by atoms with Crippen LogP contribution in [0.15, 0.2) is 0 Å². The first-order valence-electron chi connectivity index (χ1n) is 3.97. The van der Waals surface area contributed by atoms with Gasteiger partial charge in [-0.25, -0.2) is 0 Å². The molecule has 0 unspecified atom stereocenters. The van der Waals surface area contributed by atoms with Crippen LogP contribution in [0.2, 0.25) is 0 Å². The van der Waals surface area contributed by atoms with Crippen LogP contribution < -0.4 is 0 Å². The summed E-state index contributed by atoms with van der Waals surface area (Å²) < 4.78 is 8.82. The highest BCUT2D eigenvalue weighted by molar-refractivity contribution is 6.25. The number of likely N-dealkylation sites (N-methyl/N-ethyl adjacent to an activating group) is 1. The summed E-state index contributed by atoms with van der Waals surface area (Å²) in [6.07, 6.45) is 0. The molecule has 1 rings (SSSR count). The molecular weight excluding hydrogens is 190 g/mol. The van der Waals surface area contributed by atoms with Crippen LogP contribution >= 0.6 is 0 Å². The molecule has 0 saturated carbocycles. The van der Waals surface area contributed by atoms with Crippen molar-refractivity contribution >= 4 is 21.9 Å². The van der Waals surface area contributed by atoms with E-state index in [2.05, 4.69) is 20.8 Å². The van der Waals surface area contributed by atoms with Gasteiger partial charge in [-0.2, -0.15) is 0 Å². The van der Waals surface area contributed by atoms with Crippen molar-refractivity contribution in [3.05, 3.63) is 0 Å². The van der Waals surface area contributed by atoms with Gasteiger partial charge in [0.15, 0.2) is 0 Å². The van der Waals surface area contributed by atoms with Gasteiger partial charge in [0.2, 0.25) is 0 Å². The zero-order valence-corrected chi connectivity index (χ0v) is 9.62. The van der Waals surface area contributed by atoms with Crippen molar-refractivity contribution in [3.63, 3.8) is 0 Å². The van der Waals surface area contributed by atoms with Crippen molar-refractivity contribution in [2.45, 2.75) is 13.8 Å². The van der Waals surface area contributed by atoms with Gasteiger partial charge in [0, 0.05) is 26.9 Å². The molecule has 1 aliphatic heterocycles. The van der Waals surface area contributed by atoms with Crippen LogP contribution in [0.5, 0.6) is 0 Å². The summed E-state index contributed by atoms with van der Waals surface area (Å²) in [6.45, 7) is 5.19. The fraction of sp³-hybridized carbons (Fsp3) is 0.714. The van der Waals surface area contributed by atoms with Crippen LogP contribution in [0.3, 0.4) is 0 Å². The Bertz CT molecular complexity index is 167. The lowest BCUT2D eigenvalue weighted by Crippen LogP contribution is -2.11. The van der Waals surface area contributed by atoms with Crippen LogP contribution in [0, 0.1) is 0 Å². The van der Waals surface area contributed by atoms with Gasteiger partial charge in [0.1, 0.15) is 0 Å². The summed E-state index contributed by atoms with van der Waals surface area (Å²) in [5.41, 5.74) is 0. The van der Waals surface area contributed by atoms with E-state index < -0.39 is 21.9 Å². The average Bonchev–Trinajstić information content (AvgIpc) is 2.71. The molecule has 0 aromatic carbocycles. The number of hydrogen-bond acceptors (Lipinski definition) is 5. The highest BCUT2D eigenvalue weighted by atomic mass is 28.3. The Morgan fingerprint density at radius 2 is 1.46 bits per heavy atom. The smallest absolute Gasteiger partial charge is 0.431 e. The van der Waals surface area contributed by atoms with Gasteiger partial charge in [0.05, 0.1) is 0 Å². The van der Waals surface area contributed by atoms with Crippen LogP contribution in [0.1, 0.15) is 13.8 Å². The van der Waals surface area contributed by atoms with Gasteiger partial charge >= 0.3 is 10.0 Å². The third-order valence-electron chi connectivity index (χ3n) is 1.20. The molecule has 0 aliphatic carbocycles. The van der Waals surface area contributed by atoms with E-state index in [-0.39, 0.29) is 0 Å². The second kappa shape index (κ2) is 6.61. The summed E-state index contributed by atoms with van der Waals surface area (Å²) >= 11 is 0. The van der Waals surface area contributed by atoms with Gasteiger partial charge in [-0.1, -0.05) is 0 Å². The predicted octanol–water partition coefficient (Wildman–Crippen LogP) is -0.957. The highest BCUT2D eigenvalue weighted by Crippen LogP contribution is 1.93. The molecule has 76 valence electrons. The Balaban J connectivity index is 0.000000293. The lowest BCUT2D eigenvalue weighted by Gasteiger charge is -1.99. The zero-order chi connectivity index (χ0) is 10.3. The Hall–Kier alpha value is -0.883. The Morgan fingerprint density at radius 1 is 1.15 bits per heavy atom. The number of carbonyl (C=O) groups excluding carboxylic acids is 2. The van der Waals surface area contributed by atoms with E-state index in [9.17, 15) is 9.59 Å². The normalized spacial score (nSPS) is 13.8. The number of carbonyl (C=O) groups is 2. The molecule has 0 amide bonds. The molecule has 0 atom stereocenters. The third kappa shape index (κ3) is 14.0. The molecule has 0 radical (unpaired) electrons. The molecule has 6 heteroatoms. The first-order chi connectivity index (χ1) is 6.02. The Morgan fingerprint density at radius 3 is 1.62 bits per heavy atom. The average molecular weight is 205 g/mol. The van der Waals surface area contributed by atoms with Crippen LogP contribution in [0.25, 0.3) is 0 Å². The number of rotatable bonds is 2. The van der Waals surface area contributed by atoms with Crippen LogP contribution in [0.4, 0.5) is 0 Å². The van der Waals surface area contributed by atoms with E-state index in [0.717, 1.165) is 0 Å². The minimum absolute atomic E-state index is 0.400. The molecular formula is C7H15NO4Si. The van der Waals surface area contributed by atoms with Crippen LogP contribution in [-0.2, 0) is 18.4 Å². The van der Waals surface area contributed by atoms with Crippen LogP contribution in [-0.4, -0.2) is 47.0 Å².